The molecule has 0 bridgehead atoms. The van der Waals surface area contributed by atoms with Gasteiger partial charge in [-0.15, -0.1) is 0 Å². The summed E-state index contributed by atoms with van der Waals surface area (Å²) in [5, 5.41) is 0. The van der Waals surface area contributed by atoms with Gasteiger partial charge in [0.25, 0.3) is 0 Å². The van der Waals surface area contributed by atoms with E-state index >= 15 is 0 Å². The molecule has 2 heteroatoms. The molecule has 0 aromatic rings. The molecule has 0 aliphatic carbocycles. The molecule has 0 saturated heterocycles. The zero-order valence-electron chi connectivity index (χ0n) is 4.14. The van der Waals surface area contributed by atoms with Gasteiger partial charge in [0.2, 0.25) is 0 Å². The fraction of sp³-hybridized carbons (Fsp3) is 1.00. The first-order valence-corrected chi connectivity index (χ1v) is 2.58. The Bertz CT molecular complexity index is 26.7. The minimum absolute atomic E-state index is 0.299. The van der Waals surface area contributed by atoms with Crippen LogP contribution < -0.4 is 0 Å². The maximum Gasteiger partial charge on any atom is 0.0631 e. The van der Waals surface area contributed by atoms with Crippen molar-refractivity contribution in [3.05, 3.63) is 0 Å². The fourth-order valence-electron chi connectivity index (χ4n) is 0.0745. The topological polar surface area (TPSA) is 9.23 Å². The molecule has 0 aliphatic rings. The molecule has 0 radical (unpaired) electrons. The average Bonchev–Trinajstić information content (AvgIpc) is 1.65. The van der Waals surface area contributed by atoms with E-state index < -0.39 is 0 Å². The maximum absolute atomic E-state index is 4.82. The molecule has 6 heavy (non-hydrogen) atoms. The summed E-state index contributed by atoms with van der Waals surface area (Å²) < 4.78 is 4.82. The predicted octanol–water partition coefficient (Wildman–Crippen LogP) is 0.951. The van der Waals surface area contributed by atoms with Gasteiger partial charge in [0.05, 0.1) is 6.10 Å². The first-order valence-electron chi connectivity index (χ1n) is 1.95. The van der Waals surface area contributed by atoms with Crippen LogP contribution >= 0.6 is 12.6 Å². The SMILES string of the molecule is CO[C@H](C)CS. The van der Waals surface area contributed by atoms with Crippen LogP contribution in [0.1, 0.15) is 6.92 Å². The van der Waals surface area contributed by atoms with Gasteiger partial charge in [0.15, 0.2) is 0 Å². The Morgan fingerprint density at radius 1 is 1.83 bits per heavy atom. The Morgan fingerprint density at radius 2 is 2.33 bits per heavy atom. The predicted molar refractivity (Wildman–Crippen MR) is 30.3 cm³/mol. The van der Waals surface area contributed by atoms with Gasteiger partial charge in [-0.3, -0.25) is 0 Å². The minimum atomic E-state index is 0.299. The minimum Gasteiger partial charge on any atom is -0.381 e. The van der Waals surface area contributed by atoms with Crippen molar-refractivity contribution in [2.24, 2.45) is 0 Å². The molecule has 0 fully saturated rings. The van der Waals surface area contributed by atoms with Gasteiger partial charge in [0, 0.05) is 12.9 Å². The molecule has 0 amide bonds. The summed E-state index contributed by atoms with van der Waals surface area (Å²) in [6.45, 7) is 1.98. The third-order valence-corrected chi connectivity index (χ3v) is 1.17. The molecule has 0 saturated carbocycles. The Kier molecular flexibility index (Phi) is 3.68. The lowest BCUT2D eigenvalue weighted by Crippen LogP contribution is -2.04. The lowest BCUT2D eigenvalue weighted by molar-refractivity contribution is 0.138. The first kappa shape index (κ1) is 6.31. The highest BCUT2D eigenvalue weighted by Crippen LogP contribution is 1.87. The van der Waals surface area contributed by atoms with E-state index in [4.69, 9.17) is 4.74 Å². The van der Waals surface area contributed by atoms with Gasteiger partial charge in [0.1, 0.15) is 0 Å². The summed E-state index contributed by atoms with van der Waals surface area (Å²) in [4.78, 5) is 0. The number of thiol groups is 1. The Labute approximate surface area is 44.1 Å². The summed E-state index contributed by atoms with van der Waals surface area (Å²) >= 11 is 3.97. The molecule has 0 unspecified atom stereocenters. The van der Waals surface area contributed by atoms with Crippen molar-refractivity contribution in [1.82, 2.24) is 0 Å². The Hall–Kier alpha value is 0.310. The molecule has 1 nitrogen and oxygen atoms in total. The van der Waals surface area contributed by atoms with Crippen molar-refractivity contribution in [1.29, 1.82) is 0 Å². The molecular formula is C4H10OS. The summed E-state index contributed by atoms with van der Waals surface area (Å²) in [6, 6.07) is 0. The number of hydrogen-bond acceptors (Lipinski definition) is 2. The Morgan fingerprint density at radius 3 is 2.33 bits per heavy atom. The number of methoxy groups -OCH3 is 1. The molecule has 0 aliphatic heterocycles. The molecule has 1 atom stereocenters. The van der Waals surface area contributed by atoms with Crippen LogP contribution in [0.4, 0.5) is 0 Å². The van der Waals surface area contributed by atoms with Gasteiger partial charge in [-0.05, 0) is 6.92 Å². The summed E-state index contributed by atoms with van der Waals surface area (Å²) in [7, 11) is 1.68. The van der Waals surface area contributed by atoms with Crippen molar-refractivity contribution < 1.29 is 4.74 Å². The second kappa shape index (κ2) is 3.50. The largest absolute Gasteiger partial charge is 0.381 e. The van der Waals surface area contributed by atoms with Gasteiger partial charge >= 0.3 is 0 Å². The van der Waals surface area contributed by atoms with E-state index in [9.17, 15) is 0 Å². The van der Waals surface area contributed by atoms with Crippen LogP contribution in [0.5, 0.6) is 0 Å². The van der Waals surface area contributed by atoms with Crippen LogP contribution in [-0.4, -0.2) is 19.0 Å². The molecular weight excluding hydrogens is 96.1 g/mol. The smallest absolute Gasteiger partial charge is 0.0631 e. The van der Waals surface area contributed by atoms with Crippen LogP contribution in [0, 0.1) is 0 Å². The van der Waals surface area contributed by atoms with Gasteiger partial charge < -0.3 is 4.74 Å². The summed E-state index contributed by atoms with van der Waals surface area (Å²) in [6.07, 6.45) is 0.299. The van der Waals surface area contributed by atoms with Gasteiger partial charge in [-0.1, -0.05) is 0 Å². The molecule has 0 N–H and O–H groups in total. The van der Waals surface area contributed by atoms with Crippen molar-refractivity contribution >= 4 is 12.6 Å². The molecule has 0 rings (SSSR count). The van der Waals surface area contributed by atoms with Gasteiger partial charge in [-0.25, -0.2) is 0 Å². The van der Waals surface area contributed by atoms with Gasteiger partial charge in [-0.2, -0.15) is 12.6 Å². The zero-order valence-corrected chi connectivity index (χ0v) is 5.03. The number of hydrogen-bond donors (Lipinski definition) is 1. The van der Waals surface area contributed by atoms with E-state index in [1.54, 1.807) is 7.11 Å². The van der Waals surface area contributed by atoms with Crippen molar-refractivity contribution in [2.75, 3.05) is 12.9 Å². The van der Waals surface area contributed by atoms with Crippen molar-refractivity contribution in [2.45, 2.75) is 13.0 Å². The van der Waals surface area contributed by atoms with E-state index in [1.807, 2.05) is 6.92 Å². The molecule has 0 aromatic carbocycles. The van der Waals surface area contributed by atoms with E-state index in [2.05, 4.69) is 12.6 Å². The summed E-state index contributed by atoms with van der Waals surface area (Å²) in [5.41, 5.74) is 0. The highest BCUT2D eigenvalue weighted by Gasteiger charge is 1.89. The summed E-state index contributed by atoms with van der Waals surface area (Å²) in [5.74, 6) is 0.802. The quantitative estimate of drug-likeness (QED) is 0.516. The van der Waals surface area contributed by atoms with E-state index in [-0.39, 0.29) is 0 Å². The highest BCUT2D eigenvalue weighted by molar-refractivity contribution is 7.80. The van der Waals surface area contributed by atoms with Crippen molar-refractivity contribution in [3.63, 3.8) is 0 Å². The first-order chi connectivity index (χ1) is 2.81. The lowest BCUT2D eigenvalue weighted by atomic mass is 10.5. The van der Waals surface area contributed by atoms with E-state index in [0.29, 0.717) is 6.10 Å². The number of rotatable bonds is 2. The number of ether oxygens (including phenoxy) is 1. The van der Waals surface area contributed by atoms with Crippen LogP contribution in [-0.2, 0) is 4.74 Å². The Balaban J connectivity index is 2.75. The highest BCUT2D eigenvalue weighted by atomic mass is 32.1. The van der Waals surface area contributed by atoms with Crippen LogP contribution in [0.25, 0.3) is 0 Å². The van der Waals surface area contributed by atoms with Crippen LogP contribution in [0.3, 0.4) is 0 Å². The maximum atomic E-state index is 4.82. The third kappa shape index (κ3) is 2.54. The zero-order chi connectivity index (χ0) is 4.99. The monoisotopic (exact) mass is 106 g/mol. The lowest BCUT2D eigenvalue weighted by Gasteiger charge is -2.00. The van der Waals surface area contributed by atoms with E-state index in [1.165, 1.54) is 0 Å². The third-order valence-electron chi connectivity index (χ3n) is 0.659. The molecule has 0 heterocycles. The van der Waals surface area contributed by atoms with E-state index in [0.717, 1.165) is 5.75 Å². The van der Waals surface area contributed by atoms with Crippen LogP contribution in [0.2, 0.25) is 0 Å². The van der Waals surface area contributed by atoms with Crippen molar-refractivity contribution in [3.8, 4) is 0 Å². The normalized spacial score (nSPS) is 14.5. The molecule has 38 valence electrons. The molecule has 0 spiro atoms. The molecule has 0 aromatic heterocycles. The second-order valence-corrected chi connectivity index (χ2v) is 1.59. The average molecular weight is 106 g/mol. The van der Waals surface area contributed by atoms with Crippen LogP contribution in [0.15, 0.2) is 0 Å². The standard InChI is InChI=1S/C4H10OS/c1-4(3-6)5-2/h4,6H,3H2,1-2H3/t4-/m1/s1. The second-order valence-electron chi connectivity index (χ2n) is 1.23. The fourth-order valence-corrected chi connectivity index (χ4v) is 0.224.